The zero-order valence-electron chi connectivity index (χ0n) is 9.56. The van der Waals surface area contributed by atoms with Crippen LogP contribution in [0.3, 0.4) is 0 Å². The molecule has 2 N–H and O–H groups in total. The first-order valence-electron chi connectivity index (χ1n) is 5.55. The van der Waals surface area contributed by atoms with Crippen molar-refractivity contribution < 1.29 is 5.11 Å². The van der Waals surface area contributed by atoms with Crippen molar-refractivity contribution in [2.24, 2.45) is 0 Å². The molecular formula is C15H15NO. The Kier molecular flexibility index (Phi) is 3.46. The number of phenolic OH excluding ortho intramolecular Hbond substituents is 1. The van der Waals surface area contributed by atoms with E-state index in [-0.39, 0.29) is 5.75 Å². The van der Waals surface area contributed by atoms with E-state index in [9.17, 15) is 5.11 Å². The second kappa shape index (κ2) is 5.21. The average molecular weight is 225 g/mol. The number of hydrogen-bond donors (Lipinski definition) is 2. The van der Waals surface area contributed by atoms with Gasteiger partial charge in [0.15, 0.2) is 0 Å². The van der Waals surface area contributed by atoms with Crippen molar-refractivity contribution in [1.29, 1.82) is 0 Å². The number of benzene rings is 2. The van der Waals surface area contributed by atoms with Gasteiger partial charge in [-0.05, 0) is 17.7 Å². The SMILES string of the molecule is C=CCNc1cccc(O)c1-c1ccccc1. The van der Waals surface area contributed by atoms with Crippen molar-refractivity contribution in [3.8, 4) is 16.9 Å². The van der Waals surface area contributed by atoms with Crippen LogP contribution in [0.25, 0.3) is 11.1 Å². The Bertz CT molecular complexity index is 506. The number of hydrogen-bond acceptors (Lipinski definition) is 2. The van der Waals surface area contributed by atoms with Crippen LogP contribution in [0.5, 0.6) is 5.75 Å². The largest absolute Gasteiger partial charge is 0.507 e. The molecule has 86 valence electrons. The van der Waals surface area contributed by atoms with Gasteiger partial charge in [0, 0.05) is 17.8 Å². The summed E-state index contributed by atoms with van der Waals surface area (Å²) < 4.78 is 0. The van der Waals surface area contributed by atoms with Gasteiger partial charge >= 0.3 is 0 Å². The van der Waals surface area contributed by atoms with E-state index in [4.69, 9.17) is 0 Å². The summed E-state index contributed by atoms with van der Waals surface area (Å²) in [6.07, 6.45) is 1.79. The number of aromatic hydroxyl groups is 1. The Labute approximate surface area is 101 Å². The maximum atomic E-state index is 9.98. The Morgan fingerprint density at radius 2 is 1.82 bits per heavy atom. The molecule has 2 heteroatoms. The number of anilines is 1. The lowest BCUT2D eigenvalue weighted by atomic mass is 10.0. The van der Waals surface area contributed by atoms with Crippen LogP contribution in [0.15, 0.2) is 61.2 Å². The first-order valence-corrected chi connectivity index (χ1v) is 5.55. The second-order valence-corrected chi connectivity index (χ2v) is 3.74. The Morgan fingerprint density at radius 3 is 2.53 bits per heavy atom. The molecule has 0 bridgehead atoms. The lowest BCUT2D eigenvalue weighted by molar-refractivity contribution is 0.477. The molecule has 0 saturated heterocycles. The maximum Gasteiger partial charge on any atom is 0.125 e. The van der Waals surface area contributed by atoms with Gasteiger partial charge in [-0.1, -0.05) is 42.5 Å². The molecule has 0 heterocycles. The molecule has 0 aromatic heterocycles. The number of rotatable bonds is 4. The summed E-state index contributed by atoms with van der Waals surface area (Å²) in [6.45, 7) is 4.35. The van der Waals surface area contributed by atoms with Crippen molar-refractivity contribution in [2.45, 2.75) is 0 Å². The van der Waals surface area contributed by atoms with E-state index in [1.165, 1.54) is 0 Å². The molecule has 2 nitrogen and oxygen atoms in total. The lowest BCUT2D eigenvalue weighted by Crippen LogP contribution is -1.99. The summed E-state index contributed by atoms with van der Waals surface area (Å²) in [6, 6.07) is 15.3. The first-order chi connectivity index (χ1) is 8.33. The van der Waals surface area contributed by atoms with Crippen LogP contribution in [0.2, 0.25) is 0 Å². The molecule has 0 amide bonds. The smallest absolute Gasteiger partial charge is 0.125 e. The third-order valence-corrected chi connectivity index (χ3v) is 2.54. The standard InChI is InChI=1S/C15H15NO/c1-2-11-16-13-9-6-10-14(17)15(13)12-7-4-3-5-8-12/h2-10,16-17H,1,11H2. The molecule has 17 heavy (non-hydrogen) atoms. The fraction of sp³-hybridized carbons (Fsp3) is 0.0667. The molecule has 2 aromatic rings. The normalized spacial score (nSPS) is 9.88. The molecular weight excluding hydrogens is 210 g/mol. The Morgan fingerprint density at radius 1 is 1.06 bits per heavy atom. The zero-order chi connectivity index (χ0) is 12.1. The summed E-state index contributed by atoms with van der Waals surface area (Å²) >= 11 is 0. The molecule has 2 aromatic carbocycles. The van der Waals surface area contributed by atoms with Gasteiger partial charge in [0.25, 0.3) is 0 Å². The van der Waals surface area contributed by atoms with Crippen LogP contribution >= 0.6 is 0 Å². The lowest BCUT2D eigenvalue weighted by Gasteiger charge is -2.12. The van der Waals surface area contributed by atoms with Gasteiger partial charge in [-0.2, -0.15) is 0 Å². The van der Waals surface area contributed by atoms with Crippen LogP contribution in [-0.4, -0.2) is 11.7 Å². The van der Waals surface area contributed by atoms with Crippen LogP contribution < -0.4 is 5.32 Å². The van der Waals surface area contributed by atoms with Gasteiger partial charge in [0.2, 0.25) is 0 Å². The van der Waals surface area contributed by atoms with Crippen molar-refractivity contribution in [1.82, 2.24) is 0 Å². The van der Waals surface area contributed by atoms with Crippen molar-refractivity contribution in [2.75, 3.05) is 11.9 Å². The number of nitrogens with one attached hydrogen (secondary N) is 1. The number of phenols is 1. The molecule has 0 radical (unpaired) electrons. The zero-order valence-corrected chi connectivity index (χ0v) is 9.56. The van der Waals surface area contributed by atoms with Crippen LogP contribution in [-0.2, 0) is 0 Å². The maximum absolute atomic E-state index is 9.98. The fourth-order valence-corrected chi connectivity index (χ4v) is 1.78. The topological polar surface area (TPSA) is 32.3 Å². The summed E-state index contributed by atoms with van der Waals surface area (Å²) in [4.78, 5) is 0. The quantitative estimate of drug-likeness (QED) is 0.778. The highest BCUT2D eigenvalue weighted by atomic mass is 16.3. The van der Waals surface area contributed by atoms with E-state index in [0.717, 1.165) is 16.8 Å². The van der Waals surface area contributed by atoms with Gasteiger partial charge in [-0.15, -0.1) is 6.58 Å². The average Bonchev–Trinajstić information content (AvgIpc) is 2.37. The summed E-state index contributed by atoms with van der Waals surface area (Å²) in [5.41, 5.74) is 2.74. The van der Waals surface area contributed by atoms with Crippen molar-refractivity contribution in [3.63, 3.8) is 0 Å². The highest BCUT2D eigenvalue weighted by Gasteiger charge is 2.08. The Balaban J connectivity index is 2.47. The third kappa shape index (κ3) is 2.48. The third-order valence-electron chi connectivity index (χ3n) is 2.54. The van der Waals surface area contributed by atoms with E-state index in [2.05, 4.69) is 11.9 Å². The first kappa shape index (κ1) is 11.3. The molecule has 0 unspecified atom stereocenters. The summed E-state index contributed by atoms with van der Waals surface area (Å²) in [7, 11) is 0. The molecule has 0 aliphatic heterocycles. The molecule has 0 saturated carbocycles. The van der Waals surface area contributed by atoms with Crippen molar-refractivity contribution >= 4 is 5.69 Å². The predicted octanol–water partition coefficient (Wildman–Crippen LogP) is 3.66. The van der Waals surface area contributed by atoms with E-state index < -0.39 is 0 Å². The highest BCUT2D eigenvalue weighted by Crippen LogP contribution is 2.35. The van der Waals surface area contributed by atoms with Gasteiger partial charge in [0.1, 0.15) is 5.75 Å². The molecule has 0 aliphatic rings. The van der Waals surface area contributed by atoms with E-state index in [1.807, 2.05) is 42.5 Å². The molecule has 0 spiro atoms. The van der Waals surface area contributed by atoms with E-state index >= 15 is 0 Å². The van der Waals surface area contributed by atoms with Crippen LogP contribution in [0, 0.1) is 0 Å². The Hall–Kier alpha value is -2.22. The summed E-state index contributed by atoms with van der Waals surface area (Å²) in [5, 5.41) is 13.2. The summed E-state index contributed by atoms with van der Waals surface area (Å²) in [5.74, 6) is 0.283. The van der Waals surface area contributed by atoms with Gasteiger partial charge in [-0.25, -0.2) is 0 Å². The van der Waals surface area contributed by atoms with Gasteiger partial charge in [-0.3, -0.25) is 0 Å². The van der Waals surface area contributed by atoms with Gasteiger partial charge < -0.3 is 10.4 Å². The minimum absolute atomic E-state index is 0.283. The van der Waals surface area contributed by atoms with E-state index in [0.29, 0.717) is 6.54 Å². The van der Waals surface area contributed by atoms with Crippen molar-refractivity contribution in [3.05, 3.63) is 61.2 Å². The van der Waals surface area contributed by atoms with Crippen LogP contribution in [0.1, 0.15) is 0 Å². The monoisotopic (exact) mass is 225 g/mol. The van der Waals surface area contributed by atoms with Crippen LogP contribution in [0.4, 0.5) is 5.69 Å². The minimum atomic E-state index is 0.283. The highest BCUT2D eigenvalue weighted by molar-refractivity contribution is 5.83. The van der Waals surface area contributed by atoms with E-state index in [1.54, 1.807) is 12.1 Å². The van der Waals surface area contributed by atoms with Gasteiger partial charge in [0.05, 0.1) is 0 Å². The fourth-order valence-electron chi connectivity index (χ4n) is 1.78. The molecule has 2 rings (SSSR count). The minimum Gasteiger partial charge on any atom is -0.507 e. The molecule has 0 aliphatic carbocycles. The second-order valence-electron chi connectivity index (χ2n) is 3.74. The predicted molar refractivity (Wildman–Crippen MR) is 72.2 cm³/mol. The molecule has 0 atom stereocenters. The molecule has 0 fully saturated rings.